The van der Waals surface area contributed by atoms with Crippen LogP contribution in [0.4, 0.5) is 0 Å². The van der Waals surface area contributed by atoms with E-state index in [4.69, 9.17) is 16.8 Å². The van der Waals surface area contributed by atoms with Crippen LogP contribution in [0, 0.1) is 0 Å². The monoisotopic (exact) mass is 1830 g/mol. The molecule has 0 saturated heterocycles. The van der Waals surface area contributed by atoms with Crippen LogP contribution in [0.1, 0.15) is 0 Å². The highest BCUT2D eigenvalue weighted by molar-refractivity contribution is 7.84. The summed E-state index contributed by atoms with van der Waals surface area (Å²) in [4.78, 5) is 0. The van der Waals surface area contributed by atoms with Crippen molar-refractivity contribution >= 4 is 315 Å². The Morgan fingerprint density at radius 3 is 0.565 bits per heavy atom. The fourth-order valence-electron chi connectivity index (χ4n) is 4.09. The van der Waals surface area contributed by atoms with Crippen LogP contribution in [0.2, 0.25) is 19.6 Å². The maximum atomic E-state index is 12.9. The Morgan fingerprint density at radius 1 is 0.247 bits per heavy atom. The summed E-state index contributed by atoms with van der Waals surface area (Å²) < 4.78 is 484. The van der Waals surface area contributed by atoms with Crippen LogP contribution >= 0.6 is 0 Å². The second-order valence-corrected chi connectivity index (χ2v) is 192. The molecule has 0 saturated carbocycles. The SMILES string of the molecule is CO[Si](C)O[Si][Si](=O)[Si](=O)[Si](=O)[Si](=O)[Si](=O)[Si](=O)[Si](=O)[Si](=O)[Si](=O)[Si](=O)[Si](=O)[Si](=O)[Si](=O)O[Si](C)(C)O[Si](=O)[Si](=O)[Si](=O)[Si](=O)[Si](=O)[Si](=O)[Si](=O)[Si](=O)[Si](=O)[Si](=O)[Si](=O)[Si](=O)[Si](=O)[Si](=O)[Si](=O)[Si](=O)[Si](=O)[Si](=O)[Si](=O)[Si](=O)[Si](=O)[Si](=O)[Si](=O)[Si]=O. The molecule has 4 radical (unpaired) electrons. The quantitative estimate of drug-likeness (QED) is 0.0512. The zero-order chi connectivity index (χ0) is 67.1. The maximum absolute atomic E-state index is 12.9. The highest BCUT2D eigenvalue weighted by Gasteiger charge is 2.59. The van der Waals surface area contributed by atoms with Gasteiger partial charge in [-0.2, -0.15) is 0 Å². The van der Waals surface area contributed by atoms with E-state index in [0.717, 1.165) is 13.1 Å². The minimum Gasteiger partial charge on any atom is -0.550 e. The average Bonchev–Trinajstić information content (AvgIpc) is 3.68. The lowest BCUT2D eigenvalue weighted by molar-refractivity contribution is 0.350. The molecule has 0 heterocycles. The van der Waals surface area contributed by atoms with Gasteiger partial charge in [-0.3, -0.25) is 0 Å². The van der Waals surface area contributed by atoms with Crippen LogP contribution in [-0.2, 0) is 182 Å². The summed E-state index contributed by atoms with van der Waals surface area (Å²) in [5.74, 6) is 0. The van der Waals surface area contributed by atoms with Crippen molar-refractivity contribution in [3.63, 3.8) is 0 Å². The van der Waals surface area contributed by atoms with Gasteiger partial charge in [0.05, 0.1) is 0 Å². The first-order chi connectivity index (χ1) is 38.8. The van der Waals surface area contributed by atoms with Gasteiger partial charge in [-0.25, -0.2) is 0 Å². The van der Waals surface area contributed by atoms with Crippen LogP contribution in [0.25, 0.3) is 0 Å². The number of rotatable bonds is 43. The minimum atomic E-state index is -4.75. The summed E-state index contributed by atoms with van der Waals surface area (Å²) in [6.45, 7) is 2.90. The van der Waals surface area contributed by atoms with Crippen LogP contribution in [0.15, 0.2) is 0 Å². The van der Waals surface area contributed by atoms with Gasteiger partial charge in [-0.1, -0.05) is 0 Å². The van der Waals surface area contributed by atoms with Crippen molar-refractivity contribution in [1.29, 1.82) is 0 Å². The summed E-state index contributed by atoms with van der Waals surface area (Å²) in [5.41, 5.74) is 0. The summed E-state index contributed by atoms with van der Waals surface area (Å²) in [6, 6.07) is 0. The van der Waals surface area contributed by atoms with E-state index in [-0.39, 0.29) is 0 Å². The van der Waals surface area contributed by atoms with Crippen LogP contribution in [0.5, 0.6) is 0 Å². The summed E-state index contributed by atoms with van der Waals surface area (Å²) in [7, 11) is -168. The number of hydrogen-bond donors (Lipinski definition) is 0. The second-order valence-electron chi connectivity index (χ2n) is 14.4. The van der Waals surface area contributed by atoms with Gasteiger partial charge >= 0.3 is 306 Å². The lowest BCUT2D eigenvalue weighted by atomic mass is 11.8. The Balaban J connectivity index is 5.85. The molecule has 0 aliphatic rings. The molecule has 0 bridgehead atoms. The summed E-state index contributed by atoms with van der Waals surface area (Å²) >= 11 is 0. The normalized spacial score (nSPS) is 10.2. The molecule has 0 aromatic carbocycles. The summed E-state index contributed by atoms with van der Waals surface area (Å²) in [6.07, 6.45) is 0. The highest BCUT2D eigenvalue weighted by atomic mass is 30.1. The Bertz CT molecular complexity index is 3620. The van der Waals surface area contributed by atoms with E-state index in [1.54, 1.807) is 0 Å². The lowest BCUT2D eigenvalue weighted by Gasteiger charge is -2.21. The van der Waals surface area contributed by atoms with Gasteiger partial charge in [0.2, 0.25) is 0 Å². The highest BCUT2D eigenvalue weighted by Crippen LogP contribution is 2.07. The first kappa shape index (κ1) is 85.8. The van der Waals surface area contributed by atoms with E-state index in [2.05, 4.69) is 0 Å². The van der Waals surface area contributed by atoms with E-state index < -0.39 is 315 Å². The van der Waals surface area contributed by atoms with Crippen molar-refractivity contribution in [2.45, 2.75) is 19.6 Å². The molecule has 0 spiro atoms. The van der Waals surface area contributed by atoms with Gasteiger partial charge in [0.25, 0.3) is 9.28 Å². The fraction of sp³-hybridized carbons (Fsp3) is 1.00. The fourth-order valence-corrected chi connectivity index (χ4v) is 404. The van der Waals surface area contributed by atoms with Crippen LogP contribution in [-0.4, -0.2) is 322 Å². The molecular formula is C4H12O41Si40. The van der Waals surface area contributed by atoms with Gasteiger partial charge < -0.3 is 182 Å². The molecule has 0 unspecified atom stereocenters. The van der Waals surface area contributed by atoms with E-state index in [0.29, 0.717) is 0 Å². The molecular weight excluding hydrogens is 1830 g/mol. The van der Waals surface area contributed by atoms with E-state index in [1.165, 1.54) is 13.7 Å². The van der Waals surface area contributed by atoms with Gasteiger partial charge in [0.15, 0.2) is 0 Å². The zero-order valence-corrected chi connectivity index (χ0v) is 80.7. The molecule has 0 rings (SSSR count). The third-order valence-corrected chi connectivity index (χ3v) is 284. The van der Waals surface area contributed by atoms with Crippen molar-refractivity contribution < 1.29 is 182 Å². The predicted molar refractivity (Wildman–Crippen MR) is 283 cm³/mol. The first-order valence-electron chi connectivity index (χ1n) is 19.9. The topological polar surface area (TPSA) is 669 Å². The predicted octanol–water partition coefficient (Wildman–Crippen LogP) is -18.0. The van der Waals surface area contributed by atoms with Crippen molar-refractivity contribution in [3.8, 4) is 0 Å². The molecule has 0 fully saturated rings. The van der Waals surface area contributed by atoms with Crippen molar-refractivity contribution in [3.05, 3.63) is 0 Å². The van der Waals surface area contributed by atoms with Gasteiger partial charge in [-0.15, -0.1) is 0 Å². The van der Waals surface area contributed by atoms with Crippen molar-refractivity contribution in [2.75, 3.05) is 7.11 Å². The third kappa shape index (κ3) is 23.9. The third-order valence-electron chi connectivity index (χ3n) is 8.31. The minimum absolute atomic E-state index is 0.743. The van der Waals surface area contributed by atoms with Gasteiger partial charge in [0.1, 0.15) is 0 Å². The van der Waals surface area contributed by atoms with Gasteiger partial charge in [-0.05, 0) is 6.55 Å². The van der Waals surface area contributed by atoms with E-state index >= 15 is 0 Å². The Kier molecular flexibility index (Phi) is 39.2. The molecule has 0 atom stereocenters. The smallest absolute Gasteiger partial charge is 0.534 e. The molecule has 0 aliphatic heterocycles. The number of hydrogen-bond acceptors (Lipinski definition) is 41. The van der Waals surface area contributed by atoms with Crippen LogP contribution in [0.3, 0.4) is 0 Å². The molecule has 0 N–H and O–H groups in total. The maximum Gasteiger partial charge on any atom is 0.534 e. The molecule has 0 aliphatic carbocycles. The Labute approximate surface area is 518 Å². The van der Waals surface area contributed by atoms with E-state index in [1.807, 2.05) is 0 Å². The molecule has 85 heavy (non-hydrogen) atoms. The average molecular weight is 1840 g/mol. The second kappa shape index (κ2) is 38.9. The molecule has 434 valence electrons. The van der Waals surface area contributed by atoms with Crippen molar-refractivity contribution in [1.82, 2.24) is 0 Å². The molecule has 0 amide bonds. The molecule has 81 heteroatoms. The Hall–Kier alpha value is 0.795. The zero-order valence-electron chi connectivity index (χ0n) is 40.7. The molecule has 41 nitrogen and oxygen atoms in total. The Morgan fingerprint density at radius 2 is 0.400 bits per heavy atom. The van der Waals surface area contributed by atoms with Gasteiger partial charge in [0, 0.05) is 20.2 Å². The molecule has 0 aromatic heterocycles. The van der Waals surface area contributed by atoms with Crippen molar-refractivity contribution in [2.24, 2.45) is 0 Å². The van der Waals surface area contributed by atoms with Crippen LogP contribution < -0.4 is 0 Å². The first-order valence-corrected chi connectivity index (χ1v) is 113. The largest absolute Gasteiger partial charge is 0.550 e. The summed E-state index contributed by atoms with van der Waals surface area (Å²) in [5, 5.41) is 0. The standard InChI is InChI=1S/C4H12O41Si40/c1-42-48(2)43-47-52(9)56(13)60(17)64(21)68(25)72(29)73(30)69(26)65(22)61(18)57(14)53(10)49(6)44-85(3,4)45-50(7)54(11)58(15)62(19)66(23)70(27)74(31)76(33)78(35)80(37)82(39)84(41)83(40)81(38)79(36)77(34)75(32)71(28)67(24)63(20)59(16)55(12)51(8)46-5/h1-4H3. The molecule has 0 aromatic rings. The van der Waals surface area contributed by atoms with E-state index in [9.17, 15) is 165 Å². The lowest BCUT2D eigenvalue weighted by Crippen LogP contribution is -2.57.